The first-order valence-electron chi connectivity index (χ1n) is 9.77. The summed E-state index contributed by atoms with van der Waals surface area (Å²) in [6.45, 7) is 6.18. The normalized spacial score (nSPS) is 14.8. The van der Waals surface area contributed by atoms with E-state index < -0.39 is 0 Å². The number of carbonyl (C=O) groups excluding carboxylic acids is 2. The first-order chi connectivity index (χ1) is 15.0. The fourth-order valence-corrected chi connectivity index (χ4v) is 4.06. The Morgan fingerprint density at radius 1 is 1.10 bits per heavy atom. The summed E-state index contributed by atoms with van der Waals surface area (Å²) in [6, 6.07) is 11.3. The average molecular weight is 440 g/mol. The smallest absolute Gasteiger partial charge is 0.293 e. The van der Waals surface area contributed by atoms with Gasteiger partial charge < -0.3 is 14.2 Å². The third-order valence-electron chi connectivity index (χ3n) is 4.72. The molecule has 1 aliphatic rings. The predicted octanol–water partition coefficient (Wildman–Crippen LogP) is 4.86. The maximum Gasteiger partial charge on any atom is 0.293 e. The van der Waals surface area contributed by atoms with Crippen molar-refractivity contribution < 1.29 is 23.8 Å². The van der Waals surface area contributed by atoms with Crippen molar-refractivity contribution in [1.82, 2.24) is 4.90 Å². The minimum absolute atomic E-state index is 0.184. The van der Waals surface area contributed by atoms with Crippen molar-refractivity contribution in [2.45, 2.75) is 13.3 Å². The zero-order valence-corrected chi connectivity index (χ0v) is 18.7. The van der Waals surface area contributed by atoms with Crippen LogP contribution in [0.15, 0.2) is 54.0 Å². The molecule has 2 aromatic rings. The second-order valence-electron chi connectivity index (χ2n) is 6.90. The molecule has 0 radical (unpaired) electrons. The van der Waals surface area contributed by atoms with Gasteiger partial charge in [-0.3, -0.25) is 14.5 Å². The molecule has 31 heavy (non-hydrogen) atoms. The molecule has 1 aliphatic heterocycles. The lowest BCUT2D eigenvalue weighted by Gasteiger charge is -2.14. The molecule has 162 valence electrons. The summed E-state index contributed by atoms with van der Waals surface area (Å²) in [5.41, 5.74) is 2.76. The highest BCUT2D eigenvalue weighted by atomic mass is 32.2. The molecule has 0 atom stereocenters. The second kappa shape index (κ2) is 10.2. The van der Waals surface area contributed by atoms with Crippen LogP contribution < -0.4 is 14.2 Å². The van der Waals surface area contributed by atoms with Gasteiger partial charge in [-0.05, 0) is 61.0 Å². The summed E-state index contributed by atoms with van der Waals surface area (Å²) in [4.78, 5) is 26.7. The lowest BCUT2D eigenvalue weighted by atomic mass is 10.0. The molecule has 0 saturated carbocycles. The first kappa shape index (κ1) is 22.5. The van der Waals surface area contributed by atoms with Gasteiger partial charge in [0.2, 0.25) is 0 Å². The summed E-state index contributed by atoms with van der Waals surface area (Å²) in [7, 11) is 3.13. The Kier molecular flexibility index (Phi) is 7.41. The highest BCUT2D eigenvalue weighted by Gasteiger charge is 2.34. The van der Waals surface area contributed by atoms with E-state index in [0.717, 1.165) is 28.5 Å². The van der Waals surface area contributed by atoms with Crippen molar-refractivity contribution in [1.29, 1.82) is 0 Å². The molecular weight excluding hydrogens is 414 g/mol. The molecule has 0 bridgehead atoms. The number of hydrogen-bond donors (Lipinski definition) is 0. The maximum absolute atomic E-state index is 12.8. The third-order valence-corrected chi connectivity index (χ3v) is 5.63. The van der Waals surface area contributed by atoms with Crippen molar-refractivity contribution in [3.63, 3.8) is 0 Å². The molecule has 1 fully saturated rings. The van der Waals surface area contributed by atoms with Gasteiger partial charge in [0.15, 0.2) is 11.5 Å². The second-order valence-corrected chi connectivity index (χ2v) is 7.90. The highest BCUT2D eigenvalue weighted by Crippen LogP contribution is 2.36. The Labute approximate surface area is 186 Å². The van der Waals surface area contributed by atoms with Gasteiger partial charge in [0.05, 0.1) is 25.7 Å². The molecule has 7 heteroatoms. The summed E-state index contributed by atoms with van der Waals surface area (Å²) < 4.78 is 16.5. The number of aryl methyl sites for hydroxylation is 1. The molecule has 2 aromatic carbocycles. The summed E-state index contributed by atoms with van der Waals surface area (Å²) in [6.07, 6.45) is 4.04. The van der Waals surface area contributed by atoms with E-state index in [1.807, 2.05) is 37.3 Å². The van der Waals surface area contributed by atoms with Crippen LogP contribution in [-0.4, -0.2) is 43.4 Å². The summed E-state index contributed by atoms with van der Waals surface area (Å²) in [5, 5.41) is -0.310. The van der Waals surface area contributed by atoms with Crippen LogP contribution >= 0.6 is 11.8 Å². The van der Waals surface area contributed by atoms with E-state index in [4.69, 9.17) is 14.2 Å². The van der Waals surface area contributed by atoms with Crippen LogP contribution in [0.4, 0.5) is 4.79 Å². The molecule has 0 aliphatic carbocycles. The molecular formula is C24H25NO5S. The van der Waals surface area contributed by atoms with E-state index in [1.54, 1.807) is 32.4 Å². The molecule has 0 aromatic heterocycles. The number of nitrogens with zero attached hydrogens (tertiary/aromatic N) is 1. The number of ether oxygens (including phenoxy) is 3. The van der Waals surface area contributed by atoms with Gasteiger partial charge in [-0.15, -0.1) is 6.58 Å². The molecule has 3 rings (SSSR count). The Bertz CT molecular complexity index is 1010. The fourth-order valence-electron chi connectivity index (χ4n) is 3.19. The Morgan fingerprint density at radius 2 is 1.84 bits per heavy atom. The SMILES string of the molecule is C=CCc1cc(/C=C2\SC(=O)N(CCOc3ccc(C)cc3)C2=O)cc(OC)c1OC. The number of carbonyl (C=O) groups is 2. The monoisotopic (exact) mass is 439 g/mol. The molecule has 2 amide bonds. The number of thioether (sulfide) groups is 1. The van der Waals surface area contributed by atoms with Crippen molar-refractivity contribution in [2.75, 3.05) is 27.4 Å². The van der Waals surface area contributed by atoms with Crippen LogP contribution in [-0.2, 0) is 11.2 Å². The van der Waals surface area contributed by atoms with Gasteiger partial charge in [0.1, 0.15) is 12.4 Å². The highest BCUT2D eigenvalue weighted by molar-refractivity contribution is 8.18. The maximum atomic E-state index is 12.8. The number of hydrogen-bond acceptors (Lipinski definition) is 6. The van der Waals surface area contributed by atoms with E-state index in [1.165, 1.54) is 4.90 Å². The van der Waals surface area contributed by atoms with Gasteiger partial charge in [0, 0.05) is 5.56 Å². The van der Waals surface area contributed by atoms with Gasteiger partial charge in [0.25, 0.3) is 11.1 Å². The van der Waals surface area contributed by atoms with Crippen molar-refractivity contribution in [3.05, 3.63) is 70.6 Å². The topological polar surface area (TPSA) is 65.1 Å². The number of methoxy groups -OCH3 is 2. The lowest BCUT2D eigenvalue weighted by molar-refractivity contribution is -0.123. The van der Waals surface area contributed by atoms with Gasteiger partial charge >= 0.3 is 0 Å². The largest absolute Gasteiger partial charge is 0.493 e. The molecule has 0 spiro atoms. The lowest BCUT2D eigenvalue weighted by Crippen LogP contribution is -2.32. The van der Waals surface area contributed by atoms with Crippen molar-refractivity contribution in [2.24, 2.45) is 0 Å². The van der Waals surface area contributed by atoms with Crippen LogP contribution in [0, 0.1) is 6.92 Å². The predicted molar refractivity (Wildman–Crippen MR) is 123 cm³/mol. The number of benzene rings is 2. The summed E-state index contributed by atoms with van der Waals surface area (Å²) in [5.74, 6) is 1.55. The molecule has 1 heterocycles. The quantitative estimate of drug-likeness (QED) is 0.411. The number of imide groups is 1. The molecule has 0 unspecified atom stereocenters. The van der Waals surface area contributed by atoms with Gasteiger partial charge in [-0.1, -0.05) is 23.8 Å². The zero-order valence-electron chi connectivity index (χ0n) is 17.8. The van der Waals surface area contributed by atoms with E-state index in [2.05, 4.69) is 6.58 Å². The Balaban J connectivity index is 1.74. The van der Waals surface area contributed by atoms with Crippen LogP contribution in [0.1, 0.15) is 16.7 Å². The minimum Gasteiger partial charge on any atom is -0.493 e. The zero-order chi connectivity index (χ0) is 22.4. The van der Waals surface area contributed by atoms with Crippen LogP contribution in [0.2, 0.25) is 0 Å². The number of amides is 2. The molecule has 6 nitrogen and oxygen atoms in total. The van der Waals surface area contributed by atoms with E-state index in [0.29, 0.717) is 28.6 Å². The van der Waals surface area contributed by atoms with Crippen LogP contribution in [0.3, 0.4) is 0 Å². The fraction of sp³-hybridized carbons (Fsp3) is 0.250. The minimum atomic E-state index is -0.331. The first-order valence-corrected chi connectivity index (χ1v) is 10.6. The van der Waals surface area contributed by atoms with E-state index in [9.17, 15) is 9.59 Å². The van der Waals surface area contributed by atoms with E-state index in [-0.39, 0.29) is 24.3 Å². The molecule has 1 saturated heterocycles. The van der Waals surface area contributed by atoms with Gasteiger partial charge in [-0.25, -0.2) is 0 Å². The molecule has 0 N–H and O–H groups in total. The Morgan fingerprint density at radius 3 is 2.48 bits per heavy atom. The van der Waals surface area contributed by atoms with Crippen molar-refractivity contribution >= 4 is 29.0 Å². The number of allylic oxidation sites excluding steroid dienone is 1. The number of rotatable bonds is 9. The van der Waals surface area contributed by atoms with Crippen molar-refractivity contribution in [3.8, 4) is 17.2 Å². The summed E-state index contributed by atoms with van der Waals surface area (Å²) >= 11 is 0.918. The average Bonchev–Trinajstić information content (AvgIpc) is 3.02. The van der Waals surface area contributed by atoms with Crippen LogP contribution in [0.25, 0.3) is 6.08 Å². The third kappa shape index (κ3) is 5.30. The van der Waals surface area contributed by atoms with Gasteiger partial charge in [-0.2, -0.15) is 0 Å². The van der Waals surface area contributed by atoms with E-state index >= 15 is 0 Å². The Hall–Kier alpha value is -3.19. The van der Waals surface area contributed by atoms with Crippen LogP contribution in [0.5, 0.6) is 17.2 Å². The standard InChI is InChI=1S/C24H25NO5S/c1-5-6-18-13-17(14-20(28-3)22(18)29-4)15-21-23(26)25(24(27)31-21)11-12-30-19-9-7-16(2)8-10-19/h5,7-10,13-15H,1,6,11-12H2,2-4H3/b21-15-.